The van der Waals surface area contributed by atoms with Crippen molar-refractivity contribution in [2.24, 2.45) is 11.8 Å². The average molecular weight is 284 g/mol. The second kappa shape index (κ2) is 5.99. The molecule has 0 aromatic carbocycles. The predicted octanol–water partition coefficient (Wildman–Crippen LogP) is 1.04. The number of hydrogen-bond acceptors (Lipinski definition) is 3. The Morgan fingerprint density at radius 3 is 2.70 bits per heavy atom. The molecular weight excluding hydrogens is 260 g/mol. The first-order chi connectivity index (χ1) is 9.40. The highest BCUT2D eigenvalue weighted by atomic mass is 16.4. The van der Waals surface area contributed by atoms with Gasteiger partial charge in [0.15, 0.2) is 0 Å². The highest BCUT2D eigenvalue weighted by Gasteiger charge is 2.49. The Kier molecular flexibility index (Phi) is 4.52. The fraction of sp³-hybridized carbons (Fsp3) is 0.857. The number of rotatable bonds is 6. The third-order valence-corrected chi connectivity index (χ3v) is 4.79. The molecule has 2 saturated carbocycles. The lowest BCUT2D eigenvalue weighted by Gasteiger charge is -2.32. The van der Waals surface area contributed by atoms with Crippen LogP contribution >= 0.6 is 0 Å². The van der Waals surface area contributed by atoms with Crippen LogP contribution in [-0.2, 0) is 4.79 Å². The van der Waals surface area contributed by atoms with Gasteiger partial charge in [0, 0.05) is 20.1 Å². The van der Waals surface area contributed by atoms with Crippen molar-refractivity contribution in [3.63, 3.8) is 0 Å². The van der Waals surface area contributed by atoms with Crippen molar-refractivity contribution in [3.8, 4) is 0 Å². The van der Waals surface area contributed by atoms with E-state index in [0.717, 1.165) is 19.3 Å². The summed E-state index contributed by atoms with van der Waals surface area (Å²) in [4.78, 5) is 23.5. The highest BCUT2D eigenvalue weighted by molar-refractivity contribution is 5.74. The van der Waals surface area contributed by atoms with Gasteiger partial charge in [-0.2, -0.15) is 0 Å². The zero-order valence-electron chi connectivity index (χ0n) is 12.0. The summed E-state index contributed by atoms with van der Waals surface area (Å²) < 4.78 is 0. The van der Waals surface area contributed by atoms with Crippen LogP contribution in [0, 0.1) is 11.8 Å². The van der Waals surface area contributed by atoms with E-state index in [0.29, 0.717) is 24.8 Å². The van der Waals surface area contributed by atoms with Crippen LogP contribution in [0.4, 0.5) is 4.79 Å². The van der Waals surface area contributed by atoms with E-state index in [9.17, 15) is 14.7 Å². The number of aliphatic carboxylic acids is 1. The van der Waals surface area contributed by atoms with Gasteiger partial charge in [-0.25, -0.2) is 4.79 Å². The highest BCUT2D eigenvalue weighted by Crippen LogP contribution is 2.51. The van der Waals surface area contributed by atoms with Gasteiger partial charge in [-0.15, -0.1) is 0 Å². The zero-order valence-corrected chi connectivity index (χ0v) is 12.0. The predicted molar refractivity (Wildman–Crippen MR) is 73.3 cm³/mol. The van der Waals surface area contributed by atoms with Crippen molar-refractivity contribution in [1.29, 1.82) is 0 Å². The standard InChI is InChI=1S/C14H24N2O4/c1-16(7-4-12(17)18)13(19)15-6-5-14(20)9-10-2-3-11(14)8-10/h10-11,20H,2-9H2,1H3,(H,15,19)(H,17,18). The molecule has 2 aliphatic carbocycles. The summed E-state index contributed by atoms with van der Waals surface area (Å²) in [6, 6.07) is -0.280. The van der Waals surface area contributed by atoms with Crippen LogP contribution in [0.2, 0.25) is 0 Å². The Morgan fingerprint density at radius 2 is 2.15 bits per heavy atom. The first-order valence-electron chi connectivity index (χ1n) is 7.34. The van der Waals surface area contributed by atoms with Gasteiger partial charge in [-0.1, -0.05) is 0 Å². The first-order valence-corrected chi connectivity index (χ1v) is 7.34. The molecule has 2 aliphatic rings. The van der Waals surface area contributed by atoms with Crippen molar-refractivity contribution < 1.29 is 19.8 Å². The Hall–Kier alpha value is -1.30. The fourth-order valence-corrected chi connectivity index (χ4v) is 3.61. The van der Waals surface area contributed by atoms with E-state index in [1.807, 2.05) is 0 Å². The van der Waals surface area contributed by atoms with Gasteiger partial charge < -0.3 is 20.4 Å². The minimum absolute atomic E-state index is 0.0579. The van der Waals surface area contributed by atoms with Crippen LogP contribution in [-0.4, -0.2) is 52.9 Å². The summed E-state index contributed by atoms with van der Waals surface area (Å²) in [6.07, 6.45) is 4.86. The van der Waals surface area contributed by atoms with E-state index in [2.05, 4.69) is 5.32 Å². The molecule has 2 amide bonds. The van der Waals surface area contributed by atoms with Crippen LogP contribution in [0.3, 0.4) is 0 Å². The molecule has 3 unspecified atom stereocenters. The summed E-state index contributed by atoms with van der Waals surface area (Å²) in [5.74, 6) is 0.147. The molecule has 0 spiro atoms. The largest absolute Gasteiger partial charge is 0.481 e. The van der Waals surface area contributed by atoms with E-state index >= 15 is 0 Å². The van der Waals surface area contributed by atoms with E-state index in [4.69, 9.17) is 5.11 Å². The zero-order chi connectivity index (χ0) is 14.8. The number of hydrogen-bond donors (Lipinski definition) is 3. The van der Waals surface area contributed by atoms with Crippen molar-refractivity contribution >= 4 is 12.0 Å². The van der Waals surface area contributed by atoms with Gasteiger partial charge in [0.2, 0.25) is 0 Å². The van der Waals surface area contributed by atoms with Crippen molar-refractivity contribution in [2.45, 2.75) is 44.1 Å². The number of urea groups is 1. The van der Waals surface area contributed by atoms with Gasteiger partial charge in [0.1, 0.15) is 0 Å². The maximum absolute atomic E-state index is 11.7. The minimum atomic E-state index is -0.916. The second-order valence-electron chi connectivity index (χ2n) is 6.23. The van der Waals surface area contributed by atoms with E-state index in [1.54, 1.807) is 7.05 Å². The maximum Gasteiger partial charge on any atom is 0.317 e. The molecule has 2 bridgehead atoms. The Morgan fingerprint density at radius 1 is 1.40 bits per heavy atom. The quantitative estimate of drug-likeness (QED) is 0.680. The molecule has 0 radical (unpaired) electrons. The third-order valence-electron chi connectivity index (χ3n) is 4.79. The smallest absolute Gasteiger partial charge is 0.317 e. The molecule has 0 aromatic rings. The Balaban J connectivity index is 1.68. The molecule has 3 atom stereocenters. The summed E-state index contributed by atoms with van der Waals surface area (Å²) in [5.41, 5.74) is -0.601. The molecule has 6 heteroatoms. The van der Waals surface area contributed by atoms with Crippen molar-refractivity contribution in [1.82, 2.24) is 10.2 Å². The first kappa shape index (κ1) is 15.1. The van der Waals surface area contributed by atoms with Crippen LogP contribution in [0.15, 0.2) is 0 Å². The normalized spacial score (nSPS) is 31.3. The summed E-state index contributed by atoms with van der Waals surface area (Å²) in [6.45, 7) is 0.631. The van der Waals surface area contributed by atoms with Crippen molar-refractivity contribution in [2.75, 3.05) is 20.1 Å². The number of carboxylic acid groups (broad SMARTS) is 1. The molecule has 20 heavy (non-hydrogen) atoms. The minimum Gasteiger partial charge on any atom is -0.481 e. The molecule has 6 nitrogen and oxygen atoms in total. The summed E-state index contributed by atoms with van der Waals surface area (Å²) in [5, 5.41) is 21.9. The number of nitrogens with one attached hydrogen (secondary N) is 1. The van der Waals surface area contributed by atoms with E-state index in [1.165, 1.54) is 11.3 Å². The average Bonchev–Trinajstić information content (AvgIpc) is 2.95. The number of carbonyl (C=O) groups is 2. The molecule has 2 fully saturated rings. The molecule has 0 aromatic heterocycles. The van der Waals surface area contributed by atoms with Gasteiger partial charge in [-0.3, -0.25) is 4.79 Å². The number of carbonyl (C=O) groups excluding carboxylic acids is 1. The Bertz CT molecular complexity index is 387. The maximum atomic E-state index is 11.7. The summed E-state index contributed by atoms with van der Waals surface area (Å²) in [7, 11) is 1.57. The SMILES string of the molecule is CN(CCC(=O)O)C(=O)NCCC1(O)CC2CCC1C2. The topological polar surface area (TPSA) is 89.9 Å². The molecular formula is C14H24N2O4. The van der Waals surface area contributed by atoms with Gasteiger partial charge >= 0.3 is 12.0 Å². The molecule has 0 aliphatic heterocycles. The number of amides is 2. The lowest BCUT2D eigenvalue weighted by Crippen LogP contribution is -2.43. The van der Waals surface area contributed by atoms with Crippen LogP contribution in [0.25, 0.3) is 0 Å². The van der Waals surface area contributed by atoms with Gasteiger partial charge in [-0.05, 0) is 43.9 Å². The molecule has 2 rings (SSSR count). The molecule has 0 heterocycles. The number of nitrogens with zero attached hydrogens (tertiary/aromatic N) is 1. The lowest BCUT2D eigenvalue weighted by atomic mass is 9.82. The van der Waals surface area contributed by atoms with Crippen LogP contribution < -0.4 is 5.32 Å². The van der Waals surface area contributed by atoms with Crippen LogP contribution in [0.1, 0.15) is 38.5 Å². The molecule has 3 N–H and O–H groups in total. The van der Waals surface area contributed by atoms with Crippen molar-refractivity contribution in [3.05, 3.63) is 0 Å². The fourth-order valence-electron chi connectivity index (χ4n) is 3.61. The molecule has 114 valence electrons. The molecule has 0 saturated heterocycles. The van der Waals surface area contributed by atoms with Gasteiger partial charge in [0.05, 0.1) is 12.0 Å². The number of fused-ring (bicyclic) bond motifs is 2. The number of aliphatic hydroxyl groups is 1. The Labute approximate surface area is 119 Å². The monoisotopic (exact) mass is 284 g/mol. The number of carboxylic acids is 1. The van der Waals surface area contributed by atoms with Gasteiger partial charge in [0.25, 0.3) is 0 Å². The summed E-state index contributed by atoms with van der Waals surface area (Å²) >= 11 is 0. The van der Waals surface area contributed by atoms with E-state index in [-0.39, 0.29) is 19.0 Å². The lowest BCUT2D eigenvalue weighted by molar-refractivity contribution is -0.137. The van der Waals surface area contributed by atoms with E-state index < -0.39 is 11.6 Å². The second-order valence-corrected chi connectivity index (χ2v) is 6.23. The van der Waals surface area contributed by atoms with Crippen LogP contribution in [0.5, 0.6) is 0 Å². The third kappa shape index (κ3) is 3.42.